The van der Waals surface area contributed by atoms with E-state index in [0.717, 1.165) is 18.2 Å². The topological polar surface area (TPSA) is 54.4 Å². The van der Waals surface area contributed by atoms with Crippen LogP contribution in [0.5, 0.6) is 0 Å². The molecule has 80 valence electrons. The predicted octanol–water partition coefficient (Wildman–Crippen LogP) is 2.14. The van der Waals surface area contributed by atoms with Crippen LogP contribution in [0.4, 0.5) is 8.78 Å². The van der Waals surface area contributed by atoms with Gasteiger partial charge in [-0.05, 0) is 24.6 Å². The number of hydrogen-bond donors (Lipinski definition) is 1. The summed E-state index contributed by atoms with van der Waals surface area (Å²) in [5, 5.41) is 8.67. The molecule has 0 unspecified atom stereocenters. The first-order valence-electron chi connectivity index (χ1n) is 4.09. The first-order chi connectivity index (χ1) is 6.93. The molecule has 0 aliphatic heterocycles. The van der Waals surface area contributed by atoms with E-state index in [9.17, 15) is 18.4 Å². The number of alkyl halides is 2. The Balaban J connectivity index is 3.12. The second-order valence-corrected chi connectivity index (χ2v) is 3.00. The molecule has 0 spiro atoms. The van der Waals surface area contributed by atoms with Gasteiger partial charge >= 0.3 is 12.4 Å². The first-order valence-corrected chi connectivity index (χ1v) is 4.09. The SMILES string of the molecule is Cc1cc(C(=O)C(F)F)ccc1C(=O)O. The van der Waals surface area contributed by atoms with Gasteiger partial charge in [0.15, 0.2) is 0 Å². The van der Waals surface area contributed by atoms with Gasteiger partial charge in [0.2, 0.25) is 5.78 Å². The largest absolute Gasteiger partial charge is 0.478 e. The average molecular weight is 214 g/mol. The fraction of sp³-hybridized carbons (Fsp3) is 0.200. The number of rotatable bonds is 3. The van der Waals surface area contributed by atoms with Crippen molar-refractivity contribution in [1.29, 1.82) is 0 Å². The number of carbonyl (C=O) groups is 2. The van der Waals surface area contributed by atoms with Gasteiger partial charge in [0, 0.05) is 5.56 Å². The molecule has 1 aromatic carbocycles. The van der Waals surface area contributed by atoms with E-state index in [2.05, 4.69) is 0 Å². The summed E-state index contributed by atoms with van der Waals surface area (Å²) >= 11 is 0. The van der Waals surface area contributed by atoms with Gasteiger partial charge in [-0.3, -0.25) is 4.79 Å². The first kappa shape index (κ1) is 11.3. The maximum Gasteiger partial charge on any atom is 0.335 e. The molecule has 0 amide bonds. The molecule has 0 atom stereocenters. The number of carbonyl (C=O) groups excluding carboxylic acids is 1. The molecule has 15 heavy (non-hydrogen) atoms. The highest BCUT2D eigenvalue weighted by Gasteiger charge is 2.19. The van der Waals surface area contributed by atoms with Crippen molar-refractivity contribution in [2.45, 2.75) is 13.3 Å². The summed E-state index contributed by atoms with van der Waals surface area (Å²) in [4.78, 5) is 21.5. The summed E-state index contributed by atoms with van der Waals surface area (Å²) in [5.74, 6) is -2.45. The molecule has 1 rings (SSSR count). The smallest absolute Gasteiger partial charge is 0.335 e. The molecular formula is C10H8F2O3. The molecule has 0 aliphatic carbocycles. The van der Waals surface area contributed by atoms with E-state index in [1.54, 1.807) is 0 Å². The van der Waals surface area contributed by atoms with Crippen LogP contribution in [0.25, 0.3) is 0 Å². The third-order valence-corrected chi connectivity index (χ3v) is 1.94. The van der Waals surface area contributed by atoms with Gasteiger partial charge in [-0.25, -0.2) is 13.6 Å². The van der Waals surface area contributed by atoms with Crippen molar-refractivity contribution in [1.82, 2.24) is 0 Å². The van der Waals surface area contributed by atoms with Crippen LogP contribution < -0.4 is 0 Å². The van der Waals surface area contributed by atoms with Gasteiger partial charge in [-0.15, -0.1) is 0 Å². The average Bonchev–Trinajstić information content (AvgIpc) is 2.15. The second-order valence-electron chi connectivity index (χ2n) is 3.00. The standard InChI is InChI=1S/C10H8F2O3/c1-5-4-6(8(13)9(11)12)2-3-7(5)10(14)15/h2-4,9H,1H3,(H,14,15). The van der Waals surface area contributed by atoms with E-state index in [0.29, 0.717) is 0 Å². The van der Waals surface area contributed by atoms with Crippen molar-refractivity contribution in [3.05, 3.63) is 34.9 Å². The lowest BCUT2D eigenvalue weighted by molar-refractivity contribution is 0.0674. The van der Waals surface area contributed by atoms with Gasteiger partial charge in [-0.1, -0.05) is 6.07 Å². The lowest BCUT2D eigenvalue weighted by Crippen LogP contribution is -2.11. The molecule has 0 saturated carbocycles. The molecule has 5 heteroatoms. The summed E-state index contributed by atoms with van der Waals surface area (Å²) in [7, 11) is 0. The Bertz CT molecular complexity index is 413. The van der Waals surface area contributed by atoms with Crippen LogP contribution in [0, 0.1) is 6.92 Å². The molecule has 1 N–H and O–H groups in total. The van der Waals surface area contributed by atoms with Crippen molar-refractivity contribution in [2.75, 3.05) is 0 Å². The third kappa shape index (κ3) is 2.37. The minimum Gasteiger partial charge on any atom is -0.478 e. The fourth-order valence-corrected chi connectivity index (χ4v) is 1.18. The number of ketones is 1. The lowest BCUT2D eigenvalue weighted by Gasteiger charge is -2.03. The van der Waals surface area contributed by atoms with E-state index in [1.165, 1.54) is 6.92 Å². The quantitative estimate of drug-likeness (QED) is 0.784. The Kier molecular flexibility index (Phi) is 3.14. The second kappa shape index (κ2) is 4.16. The third-order valence-electron chi connectivity index (χ3n) is 1.94. The van der Waals surface area contributed by atoms with E-state index in [4.69, 9.17) is 5.11 Å². The number of carboxylic acid groups (broad SMARTS) is 1. The Labute approximate surface area is 84.3 Å². The van der Waals surface area contributed by atoms with Crippen LogP contribution >= 0.6 is 0 Å². The number of benzene rings is 1. The highest BCUT2D eigenvalue weighted by molar-refractivity contribution is 6.00. The Morgan fingerprint density at radius 2 is 1.93 bits per heavy atom. The number of halogens is 2. The molecule has 0 bridgehead atoms. The molecule has 0 aromatic heterocycles. The lowest BCUT2D eigenvalue weighted by atomic mass is 10.0. The Morgan fingerprint density at radius 1 is 1.33 bits per heavy atom. The van der Waals surface area contributed by atoms with Gasteiger partial charge in [0.1, 0.15) is 0 Å². The highest BCUT2D eigenvalue weighted by atomic mass is 19.3. The zero-order valence-corrected chi connectivity index (χ0v) is 7.83. The van der Waals surface area contributed by atoms with Crippen LogP contribution in [0.1, 0.15) is 26.3 Å². The summed E-state index contributed by atoms with van der Waals surface area (Å²) in [6.45, 7) is 1.45. The van der Waals surface area contributed by atoms with Gasteiger partial charge < -0.3 is 5.11 Å². The monoisotopic (exact) mass is 214 g/mol. The summed E-state index contributed by atoms with van der Waals surface area (Å²) in [6, 6.07) is 3.39. The minimum absolute atomic E-state index is 0.000756. The Morgan fingerprint density at radius 3 is 2.33 bits per heavy atom. The molecule has 3 nitrogen and oxygen atoms in total. The summed E-state index contributed by atoms with van der Waals surface area (Å²) in [5.41, 5.74) is 0.113. The molecule has 0 heterocycles. The van der Waals surface area contributed by atoms with E-state index < -0.39 is 18.2 Å². The number of carboxylic acids is 1. The molecular weight excluding hydrogens is 206 g/mol. The van der Waals surface area contributed by atoms with Gasteiger partial charge in [-0.2, -0.15) is 0 Å². The number of Topliss-reactive ketones (excluding diaryl/α,β-unsaturated/α-hetero) is 1. The van der Waals surface area contributed by atoms with Crippen molar-refractivity contribution in [3.8, 4) is 0 Å². The molecule has 0 radical (unpaired) electrons. The van der Waals surface area contributed by atoms with Crippen molar-refractivity contribution < 1.29 is 23.5 Å². The van der Waals surface area contributed by atoms with Gasteiger partial charge in [0.05, 0.1) is 5.56 Å². The summed E-state index contributed by atoms with van der Waals surface area (Å²) < 4.78 is 24.1. The fourth-order valence-electron chi connectivity index (χ4n) is 1.18. The zero-order valence-electron chi connectivity index (χ0n) is 7.83. The van der Waals surface area contributed by atoms with Crippen molar-refractivity contribution >= 4 is 11.8 Å². The number of aryl methyl sites for hydroxylation is 1. The predicted molar refractivity (Wildman–Crippen MR) is 48.5 cm³/mol. The van der Waals surface area contributed by atoms with E-state index >= 15 is 0 Å². The van der Waals surface area contributed by atoms with E-state index in [-0.39, 0.29) is 16.7 Å². The van der Waals surface area contributed by atoms with Crippen molar-refractivity contribution in [2.24, 2.45) is 0 Å². The summed E-state index contributed by atoms with van der Waals surface area (Å²) in [6.07, 6.45) is -3.07. The molecule has 0 saturated heterocycles. The zero-order chi connectivity index (χ0) is 11.6. The maximum atomic E-state index is 12.0. The normalized spacial score (nSPS) is 10.4. The molecule has 0 aliphatic rings. The van der Waals surface area contributed by atoms with Crippen LogP contribution in [0.2, 0.25) is 0 Å². The van der Waals surface area contributed by atoms with Crippen LogP contribution in [0.3, 0.4) is 0 Å². The minimum atomic E-state index is -3.07. The van der Waals surface area contributed by atoms with Crippen LogP contribution in [0.15, 0.2) is 18.2 Å². The van der Waals surface area contributed by atoms with E-state index in [1.807, 2.05) is 0 Å². The van der Waals surface area contributed by atoms with Gasteiger partial charge in [0.25, 0.3) is 0 Å². The maximum absolute atomic E-state index is 12.0. The highest BCUT2D eigenvalue weighted by Crippen LogP contribution is 2.14. The molecule has 0 fully saturated rings. The van der Waals surface area contributed by atoms with Crippen LogP contribution in [-0.2, 0) is 0 Å². The van der Waals surface area contributed by atoms with Crippen molar-refractivity contribution in [3.63, 3.8) is 0 Å². The molecule has 1 aromatic rings. The number of aromatic carboxylic acids is 1. The number of hydrogen-bond acceptors (Lipinski definition) is 2. The van der Waals surface area contributed by atoms with Crippen LogP contribution in [-0.4, -0.2) is 23.3 Å². The Hall–Kier alpha value is -1.78.